The molecule has 1 aliphatic rings. The van der Waals surface area contributed by atoms with Gasteiger partial charge >= 0.3 is 0 Å². The lowest BCUT2D eigenvalue weighted by Crippen LogP contribution is -2.36. The molecule has 2 rings (SSSR count). The smallest absolute Gasteiger partial charge is 0.0551 e. The van der Waals surface area contributed by atoms with E-state index in [1.807, 2.05) is 6.07 Å². The molecule has 2 nitrogen and oxygen atoms in total. The number of benzene rings is 1. The molecule has 0 aliphatic carbocycles. The van der Waals surface area contributed by atoms with E-state index >= 15 is 0 Å². The topological polar surface area (TPSA) is 15.3 Å². The molecule has 1 aromatic carbocycles. The van der Waals surface area contributed by atoms with Crippen LogP contribution in [0.5, 0.6) is 0 Å². The molecule has 20 heavy (non-hydrogen) atoms. The van der Waals surface area contributed by atoms with Gasteiger partial charge in [0.1, 0.15) is 0 Å². The summed E-state index contributed by atoms with van der Waals surface area (Å²) in [5.41, 5.74) is 1.30. The predicted molar refractivity (Wildman–Crippen MR) is 92.9 cm³/mol. The minimum Gasteiger partial charge on any atom is -0.317 e. The van der Waals surface area contributed by atoms with Gasteiger partial charge in [0.05, 0.1) is 5.02 Å². The van der Waals surface area contributed by atoms with E-state index in [2.05, 4.69) is 45.2 Å². The van der Waals surface area contributed by atoms with Gasteiger partial charge in [-0.05, 0) is 78.6 Å². The van der Waals surface area contributed by atoms with Gasteiger partial charge < -0.3 is 5.32 Å². The maximum atomic E-state index is 6.14. The van der Waals surface area contributed by atoms with E-state index in [-0.39, 0.29) is 12.4 Å². The standard InChI is InChI=1S/C15H22BrClN2.ClH/c1-2-18-10-12-5-7-19(8-6-12)11-13-3-4-14(16)15(17)9-13;/h3-4,9,12,18H,2,5-8,10-11H2,1H3;1H. The lowest BCUT2D eigenvalue weighted by Gasteiger charge is -2.32. The zero-order valence-electron chi connectivity index (χ0n) is 11.9. The molecule has 1 heterocycles. The molecule has 1 aliphatic heterocycles. The Morgan fingerprint density at radius 3 is 2.65 bits per heavy atom. The second-order valence-electron chi connectivity index (χ2n) is 5.28. The summed E-state index contributed by atoms with van der Waals surface area (Å²) in [7, 11) is 0. The zero-order valence-corrected chi connectivity index (χ0v) is 15.0. The van der Waals surface area contributed by atoms with Gasteiger partial charge in [0.2, 0.25) is 0 Å². The molecule has 0 bridgehead atoms. The van der Waals surface area contributed by atoms with E-state index in [0.717, 1.165) is 28.5 Å². The zero-order chi connectivity index (χ0) is 13.7. The highest BCUT2D eigenvalue weighted by atomic mass is 79.9. The number of rotatable bonds is 5. The van der Waals surface area contributed by atoms with Crippen LogP contribution in [0.25, 0.3) is 0 Å². The first kappa shape index (κ1) is 18.2. The van der Waals surface area contributed by atoms with Crippen LogP contribution in [-0.4, -0.2) is 31.1 Å². The molecule has 1 aromatic rings. The summed E-state index contributed by atoms with van der Waals surface area (Å²) < 4.78 is 0.974. The number of nitrogens with zero attached hydrogens (tertiary/aromatic N) is 1. The second-order valence-corrected chi connectivity index (χ2v) is 6.54. The molecule has 0 radical (unpaired) electrons. The summed E-state index contributed by atoms with van der Waals surface area (Å²) in [5, 5.41) is 4.26. The molecule has 0 atom stereocenters. The number of likely N-dealkylation sites (tertiary alicyclic amines) is 1. The van der Waals surface area contributed by atoms with Gasteiger partial charge in [-0.3, -0.25) is 4.90 Å². The van der Waals surface area contributed by atoms with Crippen molar-refractivity contribution < 1.29 is 0 Å². The Kier molecular flexibility index (Phi) is 8.45. The van der Waals surface area contributed by atoms with Gasteiger partial charge in [0, 0.05) is 11.0 Å². The fourth-order valence-electron chi connectivity index (χ4n) is 2.59. The molecule has 0 aromatic heterocycles. The molecular weight excluding hydrogens is 359 g/mol. The molecule has 1 N–H and O–H groups in total. The summed E-state index contributed by atoms with van der Waals surface area (Å²) in [5.74, 6) is 0.852. The van der Waals surface area contributed by atoms with Crippen LogP contribution >= 0.6 is 39.9 Å². The Labute approximate surface area is 141 Å². The van der Waals surface area contributed by atoms with Crippen molar-refractivity contribution in [3.8, 4) is 0 Å². The lowest BCUT2D eigenvalue weighted by atomic mass is 9.96. The Morgan fingerprint density at radius 2 is 2.05 bits per heavy atom. The van der Waals surface area contributed by atoms with Crippen molar-refractivity contribution in [3.05, 3.63) is 33.3 Å². The number of hydrogen-bond donors (Lipinski definition) is 1. The van der Waals surface area contributed by atoms with Crippen LogP contribution < -0.4 is 5.32 Å². The normalized spacial score (nSPS) is 16.9. The Balaban J connectivity index is 0.00000200. The summed E-state index contributed by atoms with van der Waals surface area (Å²) in [6, 6.07) is 6.26. The van der Waals surface area contributed by atoms with E-state index in [4.69, 9.17) is 11.6 Å². The molecule has 5 heteroatoms. The van der Waals surface area contributed by atoms with Crippen LogP contribution in [0.4, 0.5) is 0 Å². The van der Waals surface area contributed by atoms with Crippen LogP contribution in [-0.2, 0) is 6.54 Å². The Hall–Kier alpha value is 0.200. The average molecular weight is 382 g/mol. The third kappa shape index (κ3) is 5.53. The van der Waals surface area contributed by atoms with Crippen molar-refractivity contribution in [2.45, 2.75) is 26.3 Å². The van der Waals surface area contributed by atoms with Crippen molar-refractivity contribution >= 4 is 39.9 Å². The maximum Gasteiger partial charge on any atom is 0.0551 e. The van der Waals surface area contributed by atoms with Crippen molar-refractivity contribution in [1.29, 1.82) is 0 Å². The fourth-order valence-corrected chi connectivity index (χ4v) is 3.04. The molecule has 0 spiro atoms. The van der Waals surface area contributed by atoms with Crippen molar-refractivity contribution in [1.82, 2.24) is 10.2 Å². The van der Waals surface area contributed by atoms with Crippen LogP contribution in [0.1, 0.15) is 25.3 Å². The maximum absolute atomic E-state index is 6.14. The van der Waals surface area contributed by atoms with Crippen molar-refractivity contribution in [3.63, 3.8) is 0 Å². The SMILES string of the molecule is CCNCC1CCN(Cc2ccc(Br)c(Cl)c2)CC1.Cl. The van der Waals surface area contributed by atoms with E-state index in [1.165, 1.54) is 38.0 Å². The van der Waals surface area contributed by atoms with Gasteiger partial charge in [0.25, 0.3) is 0 Å². The first-order chi connectivity index (χ1) is 9.19. The molecule has 0 unspecified atom stereocenters. The van der Waals surface area contributed by atoms with Crippen molar-refractivity contribution in [2.24, 2.45) is 5.92 Å². The summed E-state index contributed by atoms with van der Waals surface area (Å²) in [6.45, 7) is 7.84. The monoisotopic (exact) mass is 380 g/mol. The first-order valence-corrected chi connectivity index (χ1v) is 8.23. The minimum atomic E-state index is 0. The molecule has 114 valence electrons. The largest absolute Gasteiger partial charge is 0.317 e. The molecule has 0 amide bonds. The number of nitrogens with one attached hydrogen (secondary N) is 1. The van der Waals surface area contributed by atoms with Gasteiger partial charge in [-0.2, -0.15) is 0 Å². The fraction of sp³-hybridized carbons (Fsp3) is 0.600. The quantitative estimate of drug-likeness (QED) is 0.815. The highest BCUT2D eigenvalue weighted by molar-refractivity contribution is 9.10. The average Bonchev–Trinajstić information content (AvgIpc) is 2.42. The first-order valence-electron chi connectivity index (χ1n) is 7.06. The molecule has 0 saturated carbocycles. The number of halogens is 3. The highest BCUT2D eigenvalue weighted by Crippen LogP contribution is 2.25. The highest BCUT2D eigenvalue weighted by Gasteiger charge is 2.18. The predicted octanol–water partition coefficient (Wildman–Crippen LogP) is 4.35. The summed E-state index contributed by atoms with van der Waals surface area (Å²) in [4.78, 5) is 2.53. The van der Waals surface area contributed by atoms with Crippen LogP contribution in [0.15, 0.2) is 22.7 Å². The van der Waals surface area contributed by atoms with E-state index < -0.39 is 0 Å². The number of hydrogen-bond acceptors (Lipinski definition) is 2. The third-order valence-electron chi connectivity index (χ3n) is 3.78. The van der Waals surface area contributed by atoms with E-state index in [0.29, 0.717) is 0 Å². The van der Waals surface area contributed by atoms with Gasteiger partial charge in [-0.1, -0.05) is 24.6 Å². The third-order valence-corrected chi connectivity index (χ3v) is 5.01. The Bertz CT molecular complexity index is 407. The summed E-state index contributed by atoms with van der Waals surface area (Å²) >= 11 is 9.57. The van der Waals surface area contributed by atoms with E-state index in [9.17, 15) is 0 Å². The molecule has 1 fully saturated rings. The minimum absolute atomic E-state index is 0. The van der Waals surface area contributed by atoms with Crippen molar-refractivity contribution in [2.75, 3.05) is 26.2 Å². The van der Waals surface area contributed by atoms with E-state index in [1.54, 1.807) is 0 Å². The number of piperidine rings is 1. The lowest BCUT2D eigenvalue weighted by molar-refractivity contribution is 0.176. The van der Waals surface area contributed by atoms with Gasteiger partial charge in [-0.15, -0.1) is 12.4 Å². The van der Waals surface area contributed by atoms with Gasteiger partial charge in [-0.25, -0.2) is 0 Å². The van der Waals surface area contributed by atoms with Crippen LogP contribution in [0.2, 0.25) is 5.02 Å². The Morgan fingerprint density at radius 1 is 1.35 bits per heavy atom. The van der Waals surface area contributed by atoms with Crippen LogP contribution in [0.3, 0.4) is 0 Å². The van der Waals surface area contributed by atoms with Gasteiger partial charge in [0.15, 0.2) is 0 Å². The van der Waals surface area contributed by atoms with Crippen LogP contribution in [0, 0.1) is 5.92 Å². The molecule has 1 saturated heterocycles. The second kappa shape index (κ2) is 9.26. The summed E-state index contributed by atoms with van der Waals surface area (Å²) in [6.07, 6.45) is 2.61. The molecular formula is C15H23BrCl2N2.